The quantitative estimate of drug-likeness (QED) is 0.336. The molecular weight excluding hydrogens is 466 g/mol. The number of aliphatic imine (C=N–C) groups is 2. The molecule has 0 bridgehead atoms. The van der Waals surface area contributed by atoms with Gasteiger partial charge in [0, 0.05) is 25.7 Å². The van der Waals surface area contributed by atoms with E-state index in [1.54, 1.807) is 24.3 Å². The molecule has 1 aromatic carbocycles. The molecule has 0 spiro atoms. The van der Waals surface area contributed by atoms with E-state index < -0.39 is 0 Å². The second kappa shape index (κ2) is 17.7. The van der Waals surface area contributed by atoms with Crippen LogP contribution in [0.15, 0.2) is 69.0 Å². The lowest BCUT2D eigenvalue weighted by atomic mass is 9.77. The predicted molar refractivity (Wildman–Crippen MR) is 157 cm³/mol. The fraction of sp³-hybridized carbons (Fsp3) is 0.433. The molecular formula is C30H43N3O2S. The number of carbonyl (C=O) groups is 1. The lowest BCUT2D eigenvalue weighted by Crippen LogP contribution is -2.10. The summed E-state index contributed by atoms with van der Waals surface area (Å²) in [5.74, 6) is 0.567. The Kier molecular flexibility index (Phi) is 15.4. The number of hydrogen-bond donors (Lipinski definition) is 2. The minimum Gasteiger partial charge on any atom is -0.392 e. The second-order valence-corrected chi connectivity index (χ2v) is 9.36. The number of nitrogens with one attached hydrogen (secondary N) is 1. The highest BCUT2D eigenvalue weighted by Gasteiger charge is 2.22. The fourth-order valence-corrected chi connectivity index (χ4v) is 5.10. The van der Waals surface area contributed by atoms with Gasteiger partial charge in [-0.15, -0.1) is 11.3 Å². The van der Waals surface area contributed by atoms with Crippen molar-refractivity contribution < 1.29 is 9.90 Å². The summed E-state index contributed by atoms with van der Waals surface area (Å²) in [4.78, 5) is 19.3. The molecule has 3 rings (SSSR count). The van der Waals surface area contributed by atoms with Crippen molar-refractivity contribution >= 4 is 29.0 Å². The lowest BCUT2D eigenvalue weighted by molar-refractivity contribution is -0.102. The maximum absolute atomic E-state index is 10.5. The molecule has 0 amide bonds. The molecule has 1 aliphatic carbocycles. The Morgan fingerprint density at radius 2 is 1.83 bits per heavy atom. The van der Waals surface area contributed by atoms with Gasteiger partial charge in [-0.05, 0) is 87.3 Å². The van der Waals surface area contributed by atoms with E-state index in [-0.39, 0.29) is 6.61 Å². The number of aliphatic hydroxyl groups excluding tert-OH is 1. The third-order valence-electron chi connectivity index (χ3n) is 6.10. The van der Waals surface area contributed by atoms with Gasteiger partial charge in [0.2, 0.25) is 0 Å². The van der Waals surface area contributed by atoms with Crippen molar-refractivity contribution in [2.24, 2.45) is 9.98 Å². The lowest BCUT2D eigenvalue weighted by Gasteiger charge is -2.27. The predicted octanol–water partition coefficient (Wildman–Crippen LogP) is 6.37. The highest BCUT2D eigenvalue weighted by molar-refractivity contribution is 7.13. The van der Waals surface area contributed by atoms with Gasteiger partial charge in [-0.25, -0.2) is 0 Å². The van der Waals surface area contributed by atoms with Crippen molar-refractivity contribution in [1.29, 1.82) is 0 Å². The van der Waals surface area contributed by atoms with Crippen molar-refractivity contribution in [3.8, 4) is 0 Å². The van der Waals surface area contributed by atoms with Gasteiger partial charge < -0.3 is 10.4 Å². The van der Waals surface area contributed by atoms with Crippen LogP contribution >= 0.6 is 11.3 Å². The van der Waals surface area contributed by atoms with Crippen LogP contribution in [-0.2, 0) is 11.4 Å². The molecule has 1 aromatic heterocycles. The molecule has 0 saturated carbocycles. The zero-order chi connectivity index (χ0) is 26.9. The summed E-state index contributed by atoms with van der Waals surface area (Å²) < 4.78 is 0. The Labute approximate surface area is 221 Å². The smallest absolute Gasteiger partial charge is 0.169 e. The van der Waals surface area contributed by atoms with Gasteiger partial charge in [-0.2, -0.15) is 0 Å². The molecule has 1 heterocycles. The Morgan fingerprint density at radius 1 is 1.17 bits per heavy atom. The number of carbonyl (C=O) groups excluding carboxylic acids is 1. The molecule has 6 heteroatoms. The van der Waals surface area contributed by atoms with E-state index in [1.807, 2.05) is 26.5 Å². The van der Waals surface area contributed by atoms with Crippen LogP contribution in [-0.4, -0.2) is 51.0 Å². The van der Waals surface area contributed by atoms with Crippen molar-refractivity contribution in [3.05, 3.63) is 80.6 Å². The van der Waals surface area contributed by atoms with E-state index in [0.29, 0.717) is 17.9 Å². The van der Waals surface area contributed by atoms with Gasteiger partial charge in [0.25, 0.3) is 0 Å². The number of rotatable bonds is 7. The summed E-state index contributed by atoms with van der Waals surface area (Å²) in [5.41, 5.74) is 8.12. The average Bonchev–Trinajstić information content (AvgIpc) is 3.39. The van der Waals surface area contributed by atoms with Crippen LogP contribution in [0, 0.1) is 0 Å². The van der Waals surface area contributed by atoms with Gasteiger partial charge in [0.1, 0.15) is 5.71 Å². The first-order valence-electron chi connectivity index (χ1n) is 12.5. The highest BCUT2D eigenvalue weighted by atomic mass is 32.1. The molecule has 0 fully saturated rings. The van der Waals surface area contributed by atoms with Crippen LogP contribution < -0.4 is 5.32 Å². The van der Waals surface area contributed by atoms with E-state index >= 15 is 0 Å². The average molecular weight is 510 g/mol. The van der Waals surface area contributed by atoms with Crippen LogP contribution in [0.1, 0.15) is 73.9 Å². The number of aliphatic hydroxyl groups is 1. The van der Waals surface area contributed by atoms with Gasteiger partial charge in [0.05, 0.1) is 11.5 Å². The standard InChI is InChI=1S/C20H27N.C8H9NO2S.C2H7N/c1-5-8-19-16(6-2)9-7-10-20(19)18-13-11-17(12-14-18)15(3)21-4;1-9-7(5-11)8-6(4-10)2-3-12-8;1-3-2/h5,8,11-14,20H,6-7,9-10H2,1-4H3;2-3,5,10H,4H2,1H3;3H,1-2H3/b8-5-,21-15?;;. The van der Waals surface area contributed by atoms with Crippen molar-refractivity contribution in [2.45, 2.75) is 59.0 Å². The van der Waals surface area contributed by atoms with Crippen LogP contribution in [0.5, 0.6) is 0 Å². The molecule has 2 aromatic rings. The van der Waals surface area contributed by atoms with E-state index in [4.69, 9.17) is 5.11 Å². The molecule has 0 aliphatic heterocycles. The van der Waals surface area contributed by atoms with Crippen molar-refractivity contribution in [1.82, 2.24) is 5.32 Å². The minimum atomic E-state index is -0.0499. The first-order valence-corrected chi connectivity index (χ1v) is 13.4. The summed E-state index contributed by atoms with van der Waals surface area (Å²) in [6.45, 7) is 6.42. The van der Waals surface area contributed by atoms with Crippen LogP contribution in [0.4, 0.5) is 0 Å². The summed E-state index contributed by atoms with van der Waals surface area (Å²) >= 11 is 1.41. The van der Waals surface area contributed by atoms with Crippen molar-refractivity contribution in [3.63, 3.8) is 0 Å². The van der Waals surface area contributed by atoms with Crippen LogP contribution in [0.25, 0.3) is 0 Å². The zero-order valence-electron chi connectivity index (χ0n) is 23.0. The molecule has 1 unspecified atom stereocenters. The summed E-state index contributed by atoms with van der Waals surface area (Å²) in [5, 5.41) is 13.5. The second-order valence-electron chi connectivity index (χ2n) is 8.45. The number of allylic oxidation sites excluding steroid dienone is 4. The molecule has 5 nitrogen and oxygen atoms in total. The molecule has 1 atom stereocenters. The van der Waals surface area contributed by atoms with Crippen LogP contribution in [0.3, 0.4) is 0 Å². The van der Waals surface area contributed by atoms with E-state index in [2.05, 4.69) is 72.5 Å². The summed E-state index contributed by atoms with van der Waals surface area (Å²) in [7, 11) is 7.16. The number of benzene rings is 1. The highest BCUT2D eigenvalue weighted by Crippen LogP contribution is 2.39. The Bertz CT molecular complexity index is 1050. The monoisotopic (exact) mass is 509 g/mol. The number of nitrogens with zero attached hydrogens (tertiary/aromatic N) is 2. The van der Waals surface area contributed by atoms with Gasteiger partial charge in [-0.3, -0.25) is 14.8 Å². The summed E-state index contributed by atoms with van der Waals surface area (Å²) in [6, 6.07) is 10.8. The maximum Gasteiger partial charge on any atom is 0.169 e. The SMILES string of the molecule is C/C=C\C1=C(CC)CCCC1c1ccc(C(C)=NC)cc1.CN=C(C=O)c1sccc1CO.CNC. The Hall–Kier alpha value is -2.67. The third-order valence-corrected chi connectivity index (χ3v) is 7.08. The van der Waals surface area contributed by atoms with Crippen molar-refractivity contribution in [2.75, 3.05) is 28.2 Å². The minimum absolute atomic E-state index is 0.0499. The van der Waals surface area contributed by atoms with Gasteiger partial charge >= 0.3 is 0 Å². The number of thiophene rings is 1. The molecule has 0 saturated heterocycles. The van der Waals surface area contributed by atoms with E-state index in [0.717, 1.165) is 16.2 Å². The third kappa shape index (κ3) is 9.08. The van der Waals surface area contributed by atoms with E-state index in [1.165, 1.54) is 48.1 Å². The largest absolute Gasteiger partial charge is 0.392 e. The number of hydrogen-bond acceptors (Lipinski definition) is 6. The fourth-order valence-electron chi connectivity index (χ4n) is 4.18. The van der Waals surface area contributed by atoms with Gasteiger partial charge in [-0.1, -0.05) is 48.9 Å². The molecule has 196 valence electrons. The molecule has 2 N–H and O–H groups in total. The van der Waals surface area contributed by atoms with Gasteiger partial charge in [0.15, 0.2) is 6.29 Å². The molecule has 36 heavy (non-hydrogen) atoms. The van der Waals surface area contributed by atoms with Crippen LogP contribution in [0.2, 0.25) is 0 Å². The number of aldehydes is 1. The summed E-state index contributed by atoms with van der Waals surface area (Å²) in [6.07, 6.45) is 10.2. The zero-order valence-corrected chi connectivity index (χ0v) is 23.8. The maximum atomic E-state index is 10.5. The topological polar surface area (TPSA) is 74.0 Å². The Balaban J connectivity index is 0.000000365. The first-order chi connectivity index (χ1) is 17.4. The Morgan fingerprint density at radius 3 is 2.33 bits per heavy atom. The molecule has 0 radical (unpaired) electrons. The van der Waals surface area contributed by atoms with E-state index in [9.17, 15) is 4.79 Å². The first kappa shape index (κ1) is 31.4. The normalized spacial score (nSPS) is 16.3. The molecule has 1 aliphatic rings.